The van der Waals surface area contributed by atoms with Gasteiger partial charge in [-0.3, -0.25) is 10.1 Å². The van der Waals surface area contributed by atoms with Crippen molar-refractivity contribution in [2.45, 2.75) is 26.2 Å². The minimum atomic E-state index is -0.301. The zero-order chi connectivity index (χ0) is 19.6. The fourth-order valence-electron chi connectivity index (χ4n) is 2.33. The van der Waals surface area contributed by atoms with Crippen LogP contribution in [0.25, 0.3) is 0 Å². The second-order valence-electron chi connectivity index (χ2n) is 5.84. The van der Waals surface area contributed by atoms with E-state index in [9.17, 15) is 4.79 Å². The molecular weight excluding hydrogens is 384 g/mol. The Hall–Kier alpha value is -2.31. The number of ether oxygens (including phenoxy) is 2. The Labute approximate surface area is 170 Å². The van der Waals surface area contributed by atoms with Crippen molar-refractivity contribution in [1.29, 1.82) is 0 Å². The molecule has 0 aliphatic heterocycles. The molecule has 0 unspecified atom stereocenters. The highest BCUT2D eigenvalue weighted by molar-refractivity contribution is 7.80. The van der Waals surface area contributed by atoms with Gasteiger partial charge in [-0.05, 0) is 61.1 Å². The van der Waals surface area contributed by atoms with Gasteiger partial charge < -0.3 is 14.8 Å². The summed E-state index contributed by atoms with van der Waals surface area (Å²) in [6.45, 7) is 2.83. The second kappa shape index (κ2) is 10.7. The lowest BCUT2D eigenvalue weighted by atomic mass is 10.2. The van der Waals surface area contributed by atoms with E-state index in [2.05, 4.69) is 17.6 Å². The van der Waals surface area contributed by atoms with Gasteiger partial charge in [0.1, 0.15) is 11.5 Å². The zero-order valence-electron chi connectivity index (χ0n) is 15.4. The number of halogens is 1. The highest BCUT2D eigenvalue weighted by atomic mass is 35.5. The number of nitrogens with one attached hydrogen (secondary N) is 2. The summed E-state index contributed by atoms with van der Waals surface area (Å²) in [4.78, 5) is 12.3. The number of amides is 1. The van der Waals surface area contributed by atoms with E-state index in [1.54, 1.807) is 49.6 Å². The number of anilines is 1. The molecule has 0 saturated carbocycles. The number of hydrogen-bond acceptors (Lipinski definition) is 4. The van der Waals surface area contributed by atoms with Gasteiger partial charge in [0, 0.05) is 11.3 Å². The fraction of sp³-hybridized carbons (Fsp3) is 0.300. The summed E-state index contributed by atoms with van der Waals surface area (Å²) >= 11 is 11.3. The predicted molar refractivity (Wildman–Crippen MR) is 113 cm³/mol. The number of carbonyl (C=O) groups excluding carboxylic acids is 1. The third-order valence-electron chi connectivity index (χ3n) is 3.77. The largest absolute Gasteiger partial charge is 0.495 e. The van der Waals surface area contributed by atoms with E-state index < -0.39 is 0 Å². The van der Waals surface area contributed by atoms with Crippen LogP contribution < -0.4 is 20.1 Å². The second-order valence-corrected chi connectivity index (χ2v) is 6.65. The third kappa shape index (κ3) is 6.73. The van der Waals surface area contributed by atoms with E-state index in [1.165, 1.54) is 0 Å². The van der Waals surface area contributed by atoms with E-state index in [0.717, 1.165) is 25.0 Å². The molecule has 2 N–H and O–H groups in total. The Morgan fingerprint density at radius 2 is 1.89 bits per heavy atom. The minimum Gasteiger partial charge on any atom is -0.495 e. The molecular formula is C20H23ClN2O3S. The van der Waals surface area contributed by atoms with Gasteiger partial charge in [-0.2, -0.15) is 0 Å². The van der Waals surface area contributed by atoms with Crippen molar-refractivity contribution in [2.24, 2.45) is 0 Å². The molecule has 7 heteroatoms. The van der Waals surface area contributed by atoms with Crippen LogP contribution in [-0.4, -0.2) is 24.7 Å². The summed E-state index contributed by atoms with van der Waals surface area (Å²) in [7, 11) is 1.54. The number of thiocarbonyl (C=S) groups is 1. The standard InChI is InChI=1S/C20H23ClN2O3S/c1-3-4-5-12-26-16-9-6-14(7-10-16)19(24)23-20(27)22-15-8-11-18(25-2)17(21)13-15/h6-11,13H,3-5,12H2,1-2H3,(H2,22,23,24,27). The van der Waals surface area contributed by atoms with Crippen molar-refractivity contribution in [3.8, 4) is 11.5 Å². The number of carbonyl (C=O) groups is 1. The van der Waals surface area contributed by atoms with Gasteiger partial charge in [0.15, 0.2) is 5.11 Å². The van der Waals surface area contributed by atoms with Crippen LogP contribution in [0.3, 0.4) is 0 Å². The van der Waals surface area contributed by atoms with Crippen LogP contribution in [-0.2, 0) is 0 Å². The maximum Gasteiger partial charge on any atom is 0.257 e. The van der Waals surface area contributed by atoms with Crippen LogP contribution in [0.1, 0.15) is 36.5 Å². The van der Waals surface area contributed by atoms with Crippen molar-refractivity contribution in [3.63, 3.8) is 0 Å². The highest BCUT2D eigenvalue weighted by Crippen LogP contribution is 2.27. The normalized spacial score (nSPS) is 10.2. The molecule has 0 heterocycles. The summed E-state index contributed by atoms with van der Waals surface area (Å²) in [5.41, 5.74) is 1.15. The number of benzene rings is 2. The van der Waals surface area contributed by atoms with Crippen LogP contribution in [0.5, 0.6) is 11.5 Å². The summed E-state index contributed by atoms with van der Waals surface area (Å²) in [5.74, 6) is 1.01. The van der Waals surface area contributed by atoms with Gasteiger partial charge in [0.25, 0.3) is 5.91 Å². The summed E-state index contributed by atoms with van der Waals surface area (Å²) in [5, 5.41) is 6.19. The number of rotatable bonds is 8. The van der Waals surface area contributed by atoms with Gasteiger partial charge in [-0.25, -0.2) is 0 Å². The SMILES string of the molecule is CCCCCOc1ccc(C(=O)NC(=S)Nc2ccc(OC)c(Cl)c2)cc1. The fourth-order valence-corrected chi connectivity index (χ4v) is 2.79. The van der Waals surface area contributed by atoms with Crippen LogP contribution in [0.4, 0.5) is 5.69 Å². The lowest BCUT2D eigenvalue weighted by Crippen LogP contribution is -2.34. The van der Waals surface area contributed by atoms with E-state index in [1.807, 2.05) is 0 Å². The molecule has 0 bridgehead atoms. The first kappa shape index (κ1) is 21.0. The Bertz CT molecular complexity index is 781. The number of methoxy groups -OCH3 is 1. The van der Waals surface area contributed by atoms with Crippen molar-refractivity contribution >= 4 is 40.5 Å². The topological polar surface area (TPSA) is 59.6 Å². The van der Waals surface area contributed by atoms with Crippen LogP contribution >= 0.6 is 23.8 Å². The maximum absolute atomic E-state index is 12.3. The number of hydrogen-bond donors (Lipinski definition) is 2. The summed E-state index contributed by atoms with van der Waals surface area (Å²) < 4.78 is 10.7. The number of unbranched alkanes of at least 4 members (excludes halogenated alkanes) is 2. The molecule has 2 aromatic rings. The Balaban J connectivity index is 1.86. The third-order valence-corrected chi connectivity index (χ3v) is 4.27. The maximum atomic E-state index is 12.3. The monoisotopic (exact) mass is 406 g/mol. The molecule has 2 aromatic carbocycles. The van der Waals surface area contributed by atoms with Crippen LogP contribution in [0, 0.1) is 0 Å². The minimum absolute atomic E-state index is 0.182. The van der Waals surface area contributed by atoms with E-state index in [4.69, 9.17) is 33.3 Å². The van der Waals surface area contributed by atoms with Gasteiger partial charge in [0.2, 0.25) is 0 Å². The molecule has 0 spiro atoms. The Kier molecular flexibility index (Phi) is 8.36. The smallest absolute Gasteiger partial charge is 0.257 e. The molecule has 0 radical (unpaired) electrons. The first-order valence-corrected chi connectivity index (χ1v) is 9.51. The molecule has 0 atom stereocenters. The van der Waals surface area contributed by atoms with Gasteiger partial charge in [0.05, 0.1) is 18.7 Å². The highest BCUT2D eigenvalue weighted by Gasteiger charge is 2.09. The summed E-state index contributed by atoms with van der Waals surface area (Å²) in [6.07, 6.45) is 3.32. The Morgan fingerprint density at radius 1 is 1.15 bits per heavy atom. The quantitative estimate of drug-likeness (QED) is 0.474. The van der Waals surface area contributed by atoms with E-state index in [-0.39, 0.29) is 11.0 Å². The molecule has 0 aliphatic rings. The molecule has 5 nitrogen and oxygen atoms in total. The van der Waals surface area contributed by atoms with Crippen molar-refractivity contribution < 1.29 is 14.3 Å². The first-order chi connectivity index (χ1) is 13.0. The van der Waals surface area contributed by atoms with Crippen molar-refractivity contribution in [2.75, 3.05) is 19.0 Å². The van der Waals surface area contributed by atoms with Gasteiger partial charge >= 0.3 is 0 Å². The molecule has 0 aliphatic carbocycles. The van der Waals surface area contributed by atoms with Crippen LogP contribution in [0.2, 0.25) is 5.02 Å². The Morgan fingerprint density at radius 3 is 2.52 bits per heavy atom. The van der Waals surface area contributed by atoms with Gasteiger partial charge in [-0.1, -0.05) is 31.4 Å². The zero-order valence-corrected chi connectivity index (χ0v) is 17.0. The van der Waals surface area contributed by atoms with Crippen molar-refractivity contribution in [1.82, 2.24) is 5.32 Å². The average molecular weight is 407 g/mol. The van der Waals surface area contributed by atoms with E-state index >= 15 is 0 Å². The molecule has 1 amide bonds. The predicted octanol–water partition coefficient (Wildman–Crippen LogP) is 5.04. The van der Waals surface area contributed by atoms with Gasteiger partial charge in [-0.15, -0.1) is 0 Å². The lowest BCUT2D eigenvalue weighted by molar-refractivity contribution is 0.0977. The first-order valence-electron chi connectivity index (χ1n) is 8.72. The van der Waals surface area contributed by atoms with E-state index in [0.29, 0.717) is 28.6 Å². The van der Waals surface area contributed by atoms with Crippen LogP contribution in [0.15, 0.2) is 42.5 Å². The summed E-state index contributed by atoms with van der Waals surface area (Å²) in [6, 6.07) is 12.1. The molecule has 0 saturated heterocycles. The molecule has 27 heavy (non-hydrogen) atoms. The molecule has 2 rings (SSSR count). The van der Waals surface area contributed by atoms with Crippen molar-refractivity contribution in [3.05, 3.63) is 53.1 Å². The lowest BCUT2D eigenvalue weighted by Gasteiger charge is -2.11. The average Bonchev–Trinajstić information content (AvgIpc) is 2.66. The molecule has 0 fully saturated rings. The molecule has 144 valence electrons. The molecule has 0 aromatic heterocycles.